The van der Waals surface area contributed by atoms with Crippen molar-refractivity contribution in [2.75, 3.05) is 7.11 Å². The monoisotopic (exact) mass is 179 g/mol. The molecule has 0 spiro atoms. The molecular formula is C10H13NO2. The van der Waals surface area contributed by atoms with Crippen molar-refractivity contribution < 1.29 is 9.53 Å². The quantitative estimate of drug-likeness (QED) is 0.648. The lowest BCUT2D eigenvalue weighted by Crippen LogP contribution is -2.11. The van der Waals surface area contributed by atoms with E-state index in [-0.39, 0.29) is 11.9 Å². The van der Waals surface area contributed by atoms with Gasteiger partial charge in [-0.05, 0) is 25.5 Å². The molecule has 70 valence electrons. The van der Waals surface area contributed by atoms with Gasteiger partial charge in [0.25, 0.3) is 0 Å². The highest BCUT2D eigenvalue weighted by atomic mass is 16.5. The maximum absolute atomic E-state index is 11.1. The number of aromatic nitrogens is 1. The predicted molar refractivity (Wildman–Crippen MR) is 49.4 cm³/mol. The number of hydrogen-bond donors (Lipinski definition) is 0. The number of esters is 1. The van der Waals surface area contributed by atoms with E-state index in [1.807, 2.05) is 19.1 Å². The Morgan fingerprint density at radius 3 is 2.69 bits per heavy atom. The van der Waals surface area contributed by atoms with E-state index < -0.39 is 0 Å². The maximum Gasteiger partial charge on any atom is 0.314 e. The highest BCUT2D eigenvalue weighted by Gasteiger charge is 2.16. The third-order valence-corrected chi connectivity index (χ3v) is 1.93. The maximum atomic E-state index is 11.1. The lowest BCUT2D eigenvalue weighted by Gasteiger charge is -2.07. The predicted octanol–water partition coefficient (Wildman–Crippen LogP) is 1.67. The minimum atomic E-state index is -0.286. The number of methoxy groups -OCH3 is 1. The van der Waals surface area contributed by atoms with Gasteiger partial charge in [0, 0.05) is 6.20 Å². The fourth-order valence-corrected chi connectivity index (χ4v) is 1.03. The number of nitrogens with zero attached hydrogens (tertiary/aromatic N) is 1. The number of carbonyl (C=O) groups excluding carboxylic acids is 1. The molecule has 0 bridgehead atoms. The summed E-state index contributed by atoms with van der Waals surface area (Å²) in [6.07, 6.45) is 1.74. The summed E-state index contributed by atoms with van der Waals surface area (Å²) >= 11 is 0. The SMILES string of the molecule is COC(=O)C(C)c1ccc(C)cn1. The van der Waals surface area contributed by atoms with Crippen LogP contribution < -0.4 is 0 Å². The average molecular weight is 179 g/mol. The van der Waals surface area contributed by atoms with E-state index in [0.29, 0.717) is 0 Å². The molecule has 13 heavy (non-hydrogen) atoms. The van der Waals surface area contributed by atoms with Gasteiger partial charge in [0.15, 0.2) is 0 Å². The first-order chi connectivity index (χ1) is 6.15. The first-order valence-electron chi connectivity index (χ1n) is 4.15. The smallest absolute Gasteiger partial charge is 0.314 e. The highest BCUT2D eigenvalue weighted by molar-refractivity contribution is 5.76. The van der Waals surface area contributed by atoms with Gasteiger partial charge in [-0.1, -0.05) is 6.07 Å². The number of aryl methyl sites for hydroxylation is 1. The van der Waals surface area contributed by atoms with Crippen molar-refractivity contribution in [1.82, 2.24) is 4.98 Å². The number of hydrogen-bond acceptors (Lipinski definition) is 3. The molecule has 0 saturated carbocycles. The van der Waals surface area contributed by atoms with Crippen molar-refractivity contribution in [2.45, 2.75) is 19.8 Å². The van der Waals surface area contributed by atoms with Crippen molar-refractivity contribution in [3.63, 3.8) is 0 Å². The Kier molecular flexibility index (Phi) is 3.01. The molecule has 3 heteroatoms. The van der Waals surface area contributed by atoms with Gasteiger partial charge in [-0.3, -0.25) is 9.78 Å². The summed E-state index contributed by atoms with van der Waals surface area (Å²) in [4.78, 5) is 15.3. The molecule has 0 aliphatic heterocycles. The van der Waals surface area contributed by atoms with Gasteiger partial charge in [0.05, 0.1) is 18.7 Å². The lowest BCUT2D eigenvalue weighted by molar-refractivity contribution is -0.142. The molecule has 3 nitrogen and oxygen atoms in total. The average Bonchev–Trinajstić information content (AvgIpc) is 2.17. The van der Waals surface area contributed by atoms with Crippen LogP contribution in [0.3, 0.4) is 0 Å². The zero-order chi connectivity index (χ0) is 9.84. The summed E-state index contributed by atoms with van der Waals surface area (Å²) in [5.41, 5.74) is 1.83. The zero-order valence-corrected chi connectivity index (χ0v) is 8.07. The van der Waals surface area contributed by atoms with Crippen molar-refractivity contribution in [3.8, 4) is 0 Å². The van der Waals surface area contributed by atoms with Gasteiger partial charge in [0.2, 0.25) is 0 Å². The van der Waals surface area contributed by atoms with Crippen molar-refractivity contribution in [3.05, 3.63) is 29.6 Å². The molecule has 1 heterocycles. The van der Waals surface area contributed by atoms with Gasteiger partial charge < -0.3 is 4.74 Å². The summed E-state index contributed by atoms with van der Waals surface area (Å²) in [6, 6.07) is 3.78. The molecule has 1 atom stereocenters. The van der Waals surface area contributed by atoms with Crippen LogP contribution in [0.15, 0.2) is 18.3 Å². The Balaban J connectivity index is 2.83. The lowest BCUT2D eigenvalue weighted by atomic mass is 10.1. The molecule has 0 aliphatic carbocycles. The van der Waals surface area contributed by atoms with E-state index in [2.05, 4.69) is 9.72 Å². The van der Waals surface area contributed by atoms with Gasteiger partial charge in [-0.25, -0.2) is 0 Å². The summed E-state index contributed by atoms with van der Waals surface area (Å²) in [5, 5.41) is 0. The third kappa shape index (κ3) is 2.28. The Hall–Kier alpha value is -1.38. The van der Waals surface area contributed by atoms with E-state index in [1.54, 1.807) is 13.1 Å². The third-order valence-electron chi connectivity index (χ3n) is 1.93. The van der Waals surface area contributed by atoms with Crippen LogP contribution in [0.5, 0.6) is 0 Å². The van der Waals surface area contributed by atoms with Crippen LogP contribution in [0.2, 0.25) is 0 Å². The summed E-state index contributed by atoms with van der Waals surface area (Å²) < 4.78 is 4.62. The summed E-state index contributed by atoms with van der Waals surface area (Å²) in [6.45, 7) is 3.74. The largest absolute Gasteiger partial charge is 0.469 e. The molecule has 0 saturated heterocycles. The van der Waals surface area contributed by atoms with Gasteiger partial charge in [0.1, 0.15) is 0 Å². The molecule has 0 fully saturated rings. The molecule has 0 aliphatic rings. The second-order valence-corrected chi connectivity index (χ2v) is 3.01. The van der Waals surface area contributed by atoms with Crippen LogP contribution in [-0.4, -0.2) is 18.1 Å². The molecular weight excluding hydrogens is 166 g/mol. The molecule has 1 aromatic heterocycles. The molecule has 0 N–H and O–H groups in total. The van der Waals surface area contributed by atoms with E-state index in [4.69, 9.17) is 0 Å². The highest BCUT2D eigenvalue weighted by Crippen LogP contribution is 2.13. The second-order valence-electron chi connectivity index (χ2n) is 3.01. The fourth-order valence-electron chi connectivity index (χ4n) is 1.03. The normalized spacial score (nSPS) is 12.2. The Morgan fingerprint density at radius 2 is 2.23 bits per heavy atom. The standard InChI is InChI=1S/C10H13NO2/c1-7-4-5-9(11-6-7)8(2)10(12)13-3/h4-6,8H,1-3H3. The topological polar surface area (TPSA) is 39.2 Å². The summed E-state index contributed by atoms with van der Waals surface area (Å²) in [5.74, 6) is -0.540. The summed E-state index contributed by atoms with van der Waals surface area (Å²) in [7, 11) is 1.38. The van der Waals surface area contributed by atoms with Crippen molar-refractivity contribution >= 4 is 5.97 Å². The van der Waals surface area contributed by atoms with Crippen LogP contribution in [0, 0.1) is 6.92 Å². The van der Waals surface area contributed by atoms with Crippen LogP contribution in [0.4, 0.5) is 0 Å². The van der Waals surface area contributed by atoms with Crippen LogP contribution in [0.25, 0.3) is 0 Å². The van der Waals surface area contributed by atoms with E-state index >= 15 is 0 Å². The molecule has 0 aromatic carbocycles. The molecule has 0 radical (unpaired) electrons. The molecule has 1 rings (SSSR count). The first kappa shape index (κ1) is 9.71. The number of carbonyl (C=O) groups is 1. The van der Waals surface area contributed by atoms with E-state index in [1.165, 1.54) is 7.11 Å². The Morgan fingerprint density at radius 1 is 1.54 bits per heavy atom. The van der Waals surface area contributed by atoms with E-state index in [0.717, 1.165) is 11.3 Å². The second kappa shape index (κ2) is 4.03. The van der Waals surface area contributed by atoms with Gasteiger partial charge >= 0.3 is 5.97 Å². The van der Waals surface area contributed by atoms with Crippen molar-refractivity contribution in [2.24, 2.45) is 0 Å². The Bertz CT molecular complexity index is 292. The van der Waals surface area contributed by atoms with Gasteiger partial charge in [-0.2, -0.15) is 0 Å². The first-order valence-corrected chi connectivity index (χ1v) is 4.15. The minimum Gasteiger partial charge on any atom is -0.469 e. The number of pyridine rings is 1. The molecule has 1 unspecified atom stereocenters. The van der Waals surface area contributed by atoms with Crippen molar-refractivity contribution in [1.29, 1.82) is 0 Å². The van der Waals surface area contributed by atoms with Crippen LogP contribution >= 0.6 is 0 Å². The molecule has 0 amide bonds. The zero-order valence-electron chi connectivity index (χ0n) is 8.07. The van der Waals surface area contributed by atoms with E-state index in [9.17, 15) is 4.79 Å². The molecule has 1 aromatic rings. The van der Waals surface area contributed by atoms with Gasteiger partial charge in [-0.15, -0.1) is 0 Å². The Labute approximate surface area is 77.8 Å². The minimum absolute atomic E-state index is 0.253. The van der Waals surface area contributed by atoms with Crippen LogP contribution in [0.1, 0.15) is 24.1 Å². The fraction of sp³-hybridized carbons (Fsp3) is 0.400. The number of ether oxygens (including phenoxy) is 1. The van der Waals surface area contributed by atoms with Crippen LogP contribution in [-0.2, 0) is 9.53 Å². The number of rotatable bonds is 2.